The van der Waals surface area contributed by atoms with Crippen LogP contribution in [0.15, 0.2) is 6.07 Å². The minimum Gasteiger partial charge on any atom is -0.481 e. The van der Waals surface area contributed by atoms with Gasteiger partial charge in [-0.3, -0.25) is 0 Å². The maximum absolute atomic E-state index is 12.7. The predicted molar refractivity (Wildman–Crippen MR) is 40.7 cm³/mol. The van der Waals surface area contributed by atoms with Crippen molar-refractivity contribution in [3.05, 3.63) is 23.1 Å². The fourth-order valence-electron chi connectivity index (χ4n) is 1.10. The third kappa shape index (κ3) is 2.37. The molecule has 16 heavy (non-hydrogen) atoms. The summed E-state index contributed by atoms with van der Waals surface area (Å²) in [6, 6.07) is -0.0932. The highest BCUT2D eigenvalue weighted by Gasteiger charge is 2.39. The number of ether oxygens (including phenoxy) is 1. The SMILES string of the molecule is COc1nc(F)cc(C(F)(F)F)c1C(F)F. The molecule has 0 bridgehead atoms. The molecular formula is C8H5F6NO. The molecule has 0 spiro atoms. The Morgan fingerprint density at radius 1 is 1.31 bits per heavy atom. The number of aromatic nitrogens is 1. The molecule has 0 saturated heterocycles. The molecule has 8 heteroatoms. The number of hydrogen-bond donors (Lipinski definition) is 0. The van der Waals surface area contributed by atoms with E-state index in [0.717, 1.165) is 7.11 Å². The zero-order valence-electron chi connectivity index (χ0n) is 7.78. The lowest BCUT2D eigenvalue weighted by Gasteiger charge is -2.14. The van der Waals surface area contributed by atoms with Gasteiger partial charge >= 0.3 is 6.18 Å². The minimum atomic E-state index is -5.09. The van der Waals surface area contributed by atoms with Crippen LogP contribution in [0, 0.1) is 5.95 Å². The van der Waals surface area contributed by atoms with Gasteiger partial charge in [0.15, 0.2) is 0 Å². The van der Waals surface area contributed by atoms with Gasteiger partial charge in [-0.2, -0.15) is 22.5 Å². The summed E-state index contributed by atoms with van der Waals surface area (Å²) in [5.41, 5.74) is -3.25. The van der Waals surface area contributed by atoms with E-state index in [2.05, 4.69) is 9.72 Å². The number of alkyl halides is 5. The van der Waals surface area contributed by atoms with E-state index in [-0.39, 0.29) is 6.07 Å². The molecule has 0 aromatic carbocycles. The summed E-state index contributed by atoms with van der Waals surface area (Å²) in [5.74, 6) is -2.60. The van der Waals surface area contributed by atoms with Crippen LogP contribution in [-0.4, -0.2) is 12.1 Å². The molecular weight excluding hydrogens is 240 g/mol. The summed E-state index contributed by atoms with van der Waals surface area (Å²) < 4.78 is 78.6. The number of methoxy groups -OCH3 is 1. The largest absolute Gasteiger partial charge is 0.481 e. The first-order chi connectivity index (χ1) is 7.27. The molecule has 0 radical (unpaired) electrons. The fourth-order valence-corrected chi connectivity index (χ4v) is 1.10. The maximum Gasteiger partial charge on any atom is 0.417 e. The Morgan fingerprint density at radius 3 is 2.25 bits per heavy atom. The fraction of sp³-hybridized carbons (Fsp3) is 0.375. The van der Waals surface area contributed by atoms with Crippen molar-refractivity contribution < 1.29 is 31.1 Å². The summed E-state index contributed by atoms with van der Waals surface area (Å²) in [6.45, 7) is 0. The molecule has 0 unspecified atom stereocenters. The quantitative estimate of drug-likeness (QED) is 0.589. The summed E-state index contributed by atoms with van der Waals surface area (Å²) in [7, 11) is 0.827. The van der Waals surface area contributed by atoms with Gasteiger partial charge in [-0.15, -0.1) is 0 Å². The molecule has 0 aliphatic rings. The topological polar surface area (TPSA) is 22.1 Å². The van der Waals surface area contributed by atoms with Gasteiger partial charge in [-0.1, -0.05) is 0 Å². The summed E-state index contributed by atoms with van der Waals surface area (Å²) in [5, 5.41) is 0. The molecule has 1 aromatic heterocycles. The number of nitrogens with zero attached hydrogens (tertiary/aromatic N) is 1. The second-order valence-corrected chi connectivity index (χ2v) is 2.71. The van der Waals surface area contributed by atoms with E-state index >= 15 is 0 Å². The van der Waals surface area contributed by atoms with Crippen LogP contribution in [0.25, 0.3) is 0 Å². The van der Waals surface area contributed by atoms with Crippen molar-refractivity contribution in [3.63, 3.8) is 0 Å². The molecule has 1 heterocycles. The Morgan fingerprint density at radius 2 is 1.88 bits per heavy atom. The maximum atomic E-state index is 12.7. The highest BCUT2D eigenvalue weighted by Crippen LogP contribution is 2.40. The van der Waals surface area contributed by atoms with Crippen molar-refractivity contribution >= 4 is 0 Å². The molecule has 90 valence electrons. The van der Waals surface area contributed by atoms with Crippen molar-refractivity contribution in [1.82, 2.24) is 4.98 Å². The second-order valence-electron chi connectivity index (χ2n) is 2.71. The third-order valence-electron chi connectivity index (χ3n) is 1.71. The monoisotopic (exact) mass is 245 g/mol. The number of pyridine rings is 1. The Kier molecular flexibility index (Phi) is 3.30. The van der Waals surface area contributed by atoms with Gasteiger partial charge in [0.25, 0.3) is 6.43 Å². The second kappa shape index (κ2) is 4.18. The Balaban J connectivity index is 3.51. The first-order valence-corrected chi connectivity index (χ1v) is 3.87. The smallest absolute Gasteiger partial charge is 0.417 e. The van der Waals surface area contributed by atoms with Crippen molar-refractivity contribution in [2.45, 2.75) is 12.6 Å². The van der Waals surface area contributed by atoms with Crippen molar-refractivity contribution in [3.8, 4) is 5.88 Å². The standard InChI is InChI=1S/C8H5F6NO/c1-16-7-5(6(10)11)3(8(12,13)14)2-4(9)15-7/h2,6H,1H3. The molecule has 0 fully saturated rings. The van der Waals surface area contributed by atoms with Crippen LogP contribution in [0.5, 0.6) is 5.88 Å². The van der Waals surface area contributed by atoms with Crippen LogP contribution in [0.4, 0.5) is 26.3 Å². The van der Waals surface area contributed by atoms with Crippen molar-refractivity contribution in [2.75, 3.05) is 7.11 Å². The summed E-state index contributed by atoms with van der Waals surface area (Å²) in [4.78, 5) is 2.82. The lowest BCUT2D eigenvalue weighted by Crippen LogP contribution is -2.13. The number of hydrogen-bond acceptors (Lipinski definition) is 2. The van der Waals surface area contributed by atoms with Crippen LogP contribution >= 0.6 is 0 Å². The summed E-state index contributed by atoms with van der Waals surface area (Å²) >= 11 is 0. The predicted octanol–water partition coefficient (Wildman–Crippen LogP) is 3.19. The zero-order chi connectivity index (χ0) is 12.5. The van der Waals surface area contributed by atoms with Crippen LogP contribution in [-0.2, 0) is 6.18 Å². The van der Waals surface area contributed by atoms with E-state index in [1.54, 1.807) is 0 Å². The van der Waals surface area contributed by atoms with Crippen molar-refractivity contribution in [1.29, 1.82) is 0 Å². The van der Waals surface area contributed by atoms with E-state index in [1.807, 2.05) is 0 Å². The lowest BCUT2D eigenvalue weighted by atomic mass is 10.1. The van der Waals surface area contributed by atoms with Crippen LogP contribution in [0.3, 0.4) is 0 Å². The third-order valence-corrected chi connectivity index (χ3v) is 1.71. The molecule has 0 amide bonds. The van der Waals surface area contributed by atoms with E-state index in [0.29, 0.717) is 0 Å². The lowest BCUT2D eigenvalue weighted by molar-refractivity contribution is -0.140. The van der Waals surface area contributed by atoms with Gasteiger partial charge in [0, 0.05) is 6.07 Å². The first-order valence-electron chi connectivity index (χ1n) is 3.87. The Labute approximate surface area is 85.9 Å². The highest BCUT2D eigenvalue weighted by atomic mass is 19.4. The average Bonchev–Trinajstić information content (AvgIpc) is 2.14. The molecule has 2 nitrogen and oxygen atoms in total. The molecule has 0 aliphatic carbocycles. The van der Waals surface area contributed by atoms with Crippen LogP contribution in [0.2, 0.25) is 0 Å². The molecule has 0 atom stereocenters. The van der Waals surface area contributed by atoms with Crippen LogP contribution in [0.1, 0.15) is 17.6 Å². The Bertz CT molecular complexity index is 389. The van der Waals surface area contributed by atoms with Gasteiger partial charge in [-0.05, 0) is 0 Å². The van der Waals surface area contributed by atoms with Gasteiger partial charge in [0.1, 0.15) is 0 Å². The molecule has 0 aliphatic heterocycles. The first kappa shape index (κ1) is 12.6. The molecule has 0 N–H and O–H groups in total. The summed E-state index contributed by atoms with van der Waals surface area (Å²) in [6.07, 6.45) is -8.55. The van der Waals surface area contributed by atoms with Gasteiger partial charge < -0.3 is 4.74 Å². The van der Waals surface area contributed by atoms with E-state index in [9.17, 15) is 26.3 Å². The van der Waals surface area contributed by atoms with Gasteiger partial charge in [0.05, 0.1) is 18.2 Å². The number of rotatable bonds is 2. The highest BCUT2D eigenvalue weighted by molar-refractivity contribution is 5.37. The molecule has 1 rings (SSSR count). The van der Waals surface area contributed by atoms with Crippen molar-refractivity contribution in [2.24, 2.45) is 0 Å². The minimum absolute atomic E-state index is 0.0932. The average molecular weight is 245 g/mol. The number of halogens is 6. The van der Waals surface area contributed by atoms with Crippen LogP contribution < -0.4 is 4.74 Å². The van der Waals surface area contributed by atoms with E-state index in [4.69, 9.17) is 0 Å². The molecule has 1 aromatic rings. The zero-order valence-corrected chi connectivity index (χ0v) is 7.78. The van der Waals surface area contributed by atoms with Gasteiger partial charge in [0.2, 0.25) is 11.8 Å². The molecule has 0 saturated carbocycles. The Hall–Kier alpha value is -1.47. The van der Waals surface area contributed by atoms with E-state index in [1.165, 1.54) is 0 Å². The van der Waals surface area contributed by atoms with Gasteiger partial charge in [-0.25, -0.2) is 8.78 Å². The van der Waals surface area contributed by atoms with E-state index < -0.39 is 35.6 Å². The normalized spacial score (nSPS) is 12.0.